The molecule has 0 amide bonds. The van der Waals surface area contributed by atoms with Gasteiger partial charge in [-0.3, -0.25) is 4.79 Å². The number of nitrogen functional groups attached to an aromatic ring is 1. The Kier molecular flexibility index (Phi) is 4.64. The van der Waals surface area contributed by atoms with Crippen molar-refractivity contribution in [2.45, 2.75) is 20.3 Å². The highest BCUT2D eigenvalue weighted by Crippen LogP contribution is 2.33. The molecule has 0 bridgehead atoms. The van der Waals surface area contributed by atoms with Crippen LogP contribution < -0.4 is 10.5 Å². The third-order valence-electron chi connectivity index (χ3n) is 3.63. The first kappa shape index (κ1) is 16.6. The predicted molar refractivity (Wildman–Crippen MR) is 98.2 cm³/mol. The van der Waals surface area contributed by atoms with E-state index in [-0.39, 0.29) is 5.78 Å². The Bertz CT molecular complexity index is 899. The van der Waals surface area contributed by atoms with E-state index in [1.807, 2.05) is 24.4 Å². The monoisotopic (exact) mass is 359 g/mol. The number of hydrogen-bond donors (Lipinski definition) is 1. The molecule has 0 unspecified atom stereocenters. The summed E-state index contributed by atoms with van der Waals surface area (Å²) in [5, 5.41) is 3.51. The number of benzene rings is 1. The minimum absolute atomic E-state index is 0.0366. The summed E-state index contributed by atoms with van der Waals surface area (Å²) in [5.74, 6) is 0.796. The van der Waals surface area contributed by atoms with Gasteiger partial charge in [0.05, 0.1) is 28.4 Å². The number of thiazole rings is 2. The lowest BCUT2D eigenvalue weighted by atomic mass is 10.0. The summed E-state index contributed by atoms with van der Waals surface area (Å²) >= 11 is 3.02. The van der Waals surface area contributed by atoms with E-state index in [0.717, 1.165) is 32.6 Å². The van der Waals surface area contributed by atoms with E-state index < -0.39 is 0 Å². The molecule has 3 rings (SSSR count). The fraction of sp³-hybridized carbons (Fsp3) is 0.235. The van der Waals surface area contributed by atoms with Crippen LogP contribution in [0.2, 0.25) is 0 Å². The number of aryl methyl sites for hydroxylation is 1. The number of rotatable bonds is 5. The van der Waals surface area contributed by atoms with Crippen LogP contribution in [0.5, 0.6) is 5.75 Å². The van der Waals surface area contributed by atoms with Gasteiger partial charge in [0, 0.05) is 22.9 Å². The molecule has 0 aliphatic rings. The number of carbonyl (C=O) groups is 1. The number of methoxy groups -OCH3 is 1. The summed E-state index contributed by atoms with van der Waals surface area (Å²) in [6.07, 6.45) is 0.613. The average molecular weight is 359 g/mol. The molecule has 24 heavy (non-hydrogen) atoms. The number of nitrogens with zero attached hydrogens (tertiary/aromatic N) is 2. The Morgan fingerprint density at radius 1 is 1.33 bits per heavy atom. The molecule has 7 heteroatoms. The van der Waals surface area contributed by atoms with E-state index in [1.54, 1.807) is 31.4 Å². The molecule has 0 atom stereocenters. The van der Waals surface area contributed by atoms with Crippen molar-refractivity contribution in [2.24, 2.45) is 0 Å². The zero-order valence-electron chi connectivity index (χ0n) is 13.6. The number of nitrogens with two attached hydrogens (primary N) is 1. The van der Waals surface area contributed by atoms with Crippen molar-refractivity contribution in [3.05, 3.63) is 45.4 Å². The van der Waals surface area contributed by atoms with E-state index in [0.29, 0.717) is 17.1 Å². The molecule has 1 aromatic carbocycles. The van der Waals surface area contributed by atoms with E-state index in [9.17, 15) is 4.79 Å². The second-order valence-corrected chi connectivity index (χ2v) is 7.33. The lowest BCUT2D eigenvalue weighted by molar-refractivity contribution is 0.101. The molecule has 0 saturated carbocycles. The summed E-state index contributed by atoms with van der Waals surface area (Å²) in [7, 11) is 1.63. The number of aromatic nitrogens is 2. The van der Waals surface area contributed by atoms with Crippen LogP contribution in [-0.2, 0) is 6.42 Å². The fourth-order valence-electron chi connectivity index (χ4n) is 2.45. The van der Waals surface area contributed by atoms with Crippen LogP contribution in [-0.4, -0.2) is 22.9 Å². The van der Waals surface area contributed by atoms with Gasteiger partial charge in [-0.2, -0.15) is 0 Å². The number of hydrogen-bond acceptors (Lipinski definition) is 7. The highest BCUT2D eigenvalue weighted by atomic mass is 32.1. The van der Waals surface area contributed by atoms with Gasteiger partial charge < -0.3 is 10.5 Å². The summed E-state index contributed by atoms with van der Waals surface area (Å²) in [5.41, 5.74) is 9.18. The van der Waals surface area contributed by atoms with Crippen LogP contribution in [0.3, 0.4) is 0 Å². The first-order chi connectivity index (χ1) is 11.5. The number of ketones is 1. The SMILES string of the molecule is COc1ccc(C(C)=O)cc1Cc1nc(-c2sc(N)nc2C)cs1. The Hall–Kier alpha value is -2.25. The Morgan fingerprint density at radius 3 is 2.75 bits per heavy atom. The van der Waals surface area contributed by atoms with Crippen molar-refractivity contribution in [3.8, 4) is 16.3 Å². The zero-order valence-corrected chi connectivity index (χ0v) is 15.3. The molecule has 0 fully saturated rings. The van der Waals surface area contributed by atoms with Crippen molar-refractivity contribution >= 4 is 33.6 Å². The van der Waals surface area contributed by atoms with Gasteiger partial charge in [-0.15, -0.1) is 11.3 Å². The maximum atomic E-state index is 11.6. The predicted octanol–water partition coefficient (Wildman–Crippen LogP) is 3.96. The molecular weight excluding hydrogens is 342 g/mol. The smallest absolute Gasteiger partial charge is 0.180 e. The number of carbonyl (C=O) groups excluding carboxylic acids is 1. The minimum atomic E-state index is 0.0366. The molecule has 2 N–H and O–H groups in total. The molecule has 5 nitrogen and oxygen atoms in total. The summed E-state index contributed by atoms with van der Waals surface area (Å²) in [4.78, 5) is 21.5. The van der Waals surface area contributed by atoms with Gasteiger partial charge in [-0.25, -0.2) is 9.97 Å². The van der Waals surface area contributed by atoms with Gasteiger partial charge in [0.1, 0.15) is 5.75 Å². The molecule has 124 valence electrons. The third-order valence-corrected chi connectivity index (χ3v) is 5.48. The van der Waals surface area contributed by atoms with Crippen LogP contribution >= 0.6 is 22.7 Å². The van der Waals surface area contributed by atoms with Crippen LogP contribution in [0, 0.1) is 6.92 Å². The second-order valence-electron chi connectivity index (χ2n) is 5.35. The zero-order chi connectivity index (χ0) is 17.3. The van der Waals surface area contributed by atoms with E-state index >= 15 is 0 Å². The number of anilines is 1. The number of Topliss-reactive ketones (excluding diaryl/α,β-unsaturated/α-hetero) is 1. The van der Waals surface area contributed by atoms with Crippen molar-refractivity contribution < 1.29 is 9.53 Å². The number of ether oxygens (including phenoxy) is 1. The van der Waals surface area contributed by atoms with Crippen molar-refractivity contribution in [3.63, 3.8) is 0 Å². The van der Waals surface area contributed by atoms with Crippen LogP contribution in [0.4, 0.5) is 5.13 Å². The van der Waals surface area contributed by atoms with Crippen LogP contribution in [0.15, 0.2) is 23.6 Å². The summed E-state index contributed by atoms with van der Waals surface area (Å²) < 4.78 is 5.41. The average Bonchev–Trinajstić information content (AvgIpc) is 3.13. The van der Waals surface area contributed by atoms with Gasteiger partial charge in [-0.1, -0.05) is 11.3 Å². The lowest BCUT2D eigenvalue weighted by Gasteiger charge is -2.08. The molecule has 2 aromatic heterocycles. The molecule has 0 spiro atoms. The Balaban J connectivity index is 1.91. The summed E-state index contributed by atoms with van der Waals surface area (Å²) in [6.45, 7) is 3.49. The first-order valence-corrected chi connectivity index (χ1v) is 9.03. The normalized spacial score (nSPS) is 10.8. The van der Waals surface area contributed by atoms with E-state index in [2.05, 4.69) is 4.98 Å². The highest BCUT2D eigenvalue weighted by Gasteiger charge is 2.14. The third kappa shape index (κ3) is 3.32. The minimum Gasteiger partial charge on any atom is -0.496 e. The van der Waals surface area contributed by atoms with Gasteiger partial charge in [0.2, 0.25) is 0 Å². The van der Waals surface area contributed by atoms with Gasteiger partial charge >= 0.3 is 0 Å². The highest BCUT2D eigenvalue weighted by molar-refractivity contribution is 7.19. The second kappa shape index (κ2) is 6.70. The van der Waals surface area contributed by atoms with Crippen molar-refractivity contribution in [1.82, 2.24) is 9.97 Å². The molecule has 0 saturated heterocycles. The molecular formula is C17H17N3O2S2. The van der Waals surface area contributed by atoms with Gasteiger partial charge in [0.15, 0.2) is 10.9 Å². The van der Waals surface area contributed by atoms with Gasteiger partial charge in [-0.05, 0) is 32.0 Å². The van der Waals surface area contributed by atoms with Gasteiger partial charge in [0.25, 0.3) is 0 Å². The molecule has 0 radical (unpaired) electrons. The van der Waals surface area contributed by atoms with Crippen LogP contribution in [0.25, 0.3) is 10.6 Å². The lowest BCUT2D eigenvalue weighted by Crippen LogP contribution is -1.98. The fourth-order valence-corrected chi connectivity index (χ4v) is 4.13. The maximum absolute atomic E-state index is 11.6. The van der Waals surface area contributed by atoms with Crippen LogP contribution in [0.1, 0.15) is 33.5 Å². The first-order valence-electron chi connectivity index (χ1n) is 7.33. The van der Waals surface area contributed by atoms with Crippen molar-refractivity contribution in [1.29, 1.82) is 0 Å². The quantitative estimate of drug-likeness (QED) is 0.698. The van der Waals surface area contributed by atoms with Crippen molar-refractivity contribution in [2.75, 3.05) is 12.8 Å². The molecule has 0 aliphatic heterocycles. The Morgan fingerprint density at radius 2 is 2.12 bits per heavy atom. The maximum Gasteiger partial charge on any atom is 0.180 e. The molecule has 0 aliphatic carbocycles. The largest absolute Gasteiger partial charge is 0.496 e. The topological polar surface area (TPSA) is 78.1 Å². The Labute approximate surface area is 148 Å². The standard InChI is InChI=1S/C17H17N3O2S2/c1-9-16(24-17(18)19-9)13-8-23-15(20-13)7-12-6-11(10(2)21)4-5-14(12)22-3/h4-6,8H,7H2,1-3H3,(H2,18,19). The molecule has 2 heterocycles. The molecule has 3 aromatic rings. The summed E-state index contributed by atoms with van der Waals surface area (Å²) in [6, 6.07) is 5.48. The van der Waals surface area contributed by atoms with E-state index in [4.69, 9.17) is 15.5 Å². The van der Waals surface area contributed by atoms with E-state index in [1.165, 1.54) is 11.3 Å².